The molecule has 1 rings (SSSR count). The van der Waals surface area contributed by atoms with Crippen molar-refractivity contribution in [3.63, 3.8) is 0 Å². The maximum atomic E-state index is 11.8. The van der Waals surface area contributed by atoms with E-state index in [0.29, 0.717) is 11.3 Å². The lowest BCUT2D eigenvalue weighted by Gasteiger charge is -2.11. The Morgan fingerprint density at radius 3 is 2.17 bits per heavy atom. The summed E-state index contributed by atoms with van der Waals surface area (Å²) < 4.78 is 0. The van der Waals surface area contributed by atoms with Crippen LogP contribution in [0.25, 0.3) is 0 Å². The highest BCUT2D eigenvalue weighted by Crippen LogP contribution is 2.10. The molecule has 0 aliphatic carbocycles. The van der Waals surface area contributed by atoms with Gasteiger partial charge in [0.1, 0.15) is 0 Å². The minimum Gasteiger partial charge on any atom is -0.480 e. The average Bonchev–Trinajstić information content (AvgIpc) is 2.52. The number of anilines is 1. The lowest BCUT2D eigenvalue weighted by Crippen LogP contribution is -2.43. The molecule has 0 saturated carbocycles. The number of aliphatic hydroxyl groups is 1. The Kier molecular flexibility index (Phi) is 6.81. The third-order valence-electron chi connectivity index (χ3n) is 3.05. The maximum absolute atomic E-state index is 11.8. The predicted molar refractivity (Wildman–Crippen MR) is 85.5 cm³/mol. The van der Waals surface area contributed by atoms with Gasteiger partial charge in [-0.25, -0.2) is 4.79 Å². The number of ketones is 1. The van der Waals surface area contributed by atoms with Gasteiger partial charge in [0.25, 0.3) is 0 Å². The number of amides is 2. The molecule has 0 aromatic heterocycles. The van der Waals surface area contributed by atoms with Gasteiger partial charge in [0.15, 0.2) is 11.8 Å². The first-order valence-electron chi connectivity index (χ1n) is 6.99. The van der Waals surface area contributed by atoms with E-state index in [1.165, 1.54) is 13.8 Å². The molecular weight excluding hydrogens is 316 g/mol. The fourth-order valence-corrected chi connectivity index (χ4v) is 1.69. The third kappa shape index (κ3) is 5.65. The van der Waals surface area contributed by atoms with Crippen molar-refractivity contribution in [1.29, 1.82) is 0 Å². The lowest BCUT2D eigenvalue weighted by atomic mass is 10.1. The zero-order valence-corrected chi connectivity index (χ0v) is 13.2. The van der Waals surface area contributed by atoms with Gasteiger partial charge in [-0.05, 0) is 38.1 Å². The van der Waals surface area contributed by atoms with Crippen molar-refractivity contribution >= 4 is 29.3 Å². The van der Waals surface area contributed by atoms with E-state index < -0.39 is 30.4 Å². The Hall–Kier alpha value is -3.00. The van der Waals surface area contributed by atoms with Gasteiger partial charge in [-0.15, -0.1) is 0 Å². The summed E-state index contributed by atoms with van der Waals surface area (Å²) in [4.78, 5) is 45.5. The molecule has 1 aromatic rings. The van der Waals surface area contributed by atoms with Gasteiger partial charge in [0.05, 0.1) is 6.61 Å². The number of hydrogen-bond donors (Lipinski definition) is 4. The highest BCUT2D eigenvalue weighted by atomic mass is 16.4. The number of Topliss-reactive ketones (excluding diaryl/α,β-unsaturated/α-hetero) is 1. The van der Waals surface area contributed by atoms with Crippen LogP contribution in [-0.4, -0.2) is 46.4 Å². The minimum atomic E-state index is -1.44. The fourth-order valence-electron chi connectivity index (χ4n) is 1.69. The molecule has 1 aromatic carbocycles. The molecule has 0 fully saturated rings. The number of hydrogen-bond acceptors (Lipinski definition) is 5. The van der Waals surface area contributed by atoms with Gasteiger partial charge in [-0.1, -0.05) is 0 Å². The van der Waals surface area contributed by atoms with Crippen molar-refractivity contribution in [2.24, 2.45) is 0 Å². The Morgan fingerprint density at radius 1 is 1.12 bits per heavy atom. The first-order chi connectivity index (χ1) is 11.2. The predicted octanol–water partition coefficient (Wildman–Crippen LogP) is 0.336. The van der Waals surface area contributed by atoms with Crippen molar-refractivity contribution in [1.82, 2.24) is 5.32 Å². The van der Waals surface area contributed by atoms with Crippen LogP contribution < -0.4 is 10.6 Å². The molecule has 24 heavy (non-hydrogen) atoms. The molecule has 8 heteroatoms. The van der Waals surface area contributed by atoms with Crippen LogP contribution in [0, 0.1) is 0 Å². The summed E-state index contributed by atoms with van der Waals surface area (Å²) in [6.07, 6.45) is 1.00. The summed E-state index contributed by atoms with van der Waals surface area (Å²) in [7, 11) is 0. The smallest absolute Gasteiger partial charge is 0.328 e. The summed E-state index contributed by atoms with van der Waals surface area (Å²) in [5.41, 5.74) is 0.920. The Labute approximate surface area is 138 Å². The topological polar surface area (TPSA) is 133 Å². The molecule has 0 aliphatic heterocycles. The number of carbonyl (C=O) groups is 4. The first kappa shape index (κ1) is 19.0. The summed E-state index contributed by atoms with van der Waals surface area (Å²) in [6, 6.07) is 4.76. The van der Waals surface area contributed by atoms with Crippen LogP contribution in [0.1, 0.15) is 24.2 Å². The molecule has 128 valence electrons. The second-order valence-corrected chi connectivity index (χ2v) is 5.00. The van der Waals surface area contributed by atoms with E-state index in [2.05, 4.69) is 10.6 Å². The molecular formula is C16H18N2O6. The van der Waals surface area contributed by atoms with Gasteiger partial charge in [0, 0.05) is 22.9 Å². The average molecular weight is 334 g/mol. The molecule has 1 unspecified atom stereocenters. The molecule has 8 nitrogen and oxygen atoms in total. The van der Waals surface area contributed by atoms with Gasteiger partial charge in [0.2, 0.25) is 11.8 Å². The van der Waals surface area contributed by atoms with Crippen molar-refractivity contribution in [3.05, 3.63) is 41.5 Å². The van der Waals surface area contributed by atoms with Crippen molar-refractivity contribution in [2.75, 3.05) is 11.9 Å². The zero-order valence-electron chi connectivity index (χ0n) is 13.2. The normalized spacial score (nSPS) is 12.2. The van der Waals surface area contributed by atoms with Crippen LogP contribution in [0.5, 0.6) is 0 Å². The largest absolute Gasteiger partial charge is 0.480 e. The quantitative estimate of drug-likeness (QED) is 0.420. The number of carboxylic acid groups (broad SMARTS) is 1. The molecule has 0 saturated heterocycles. The standard InChI is InChI=1S/C16H18N2O6/c1-9(15(22)18-13(8-19)16(23)24)7-14(21)17-12-5-3-11(4-6-12)10(2)20/h3-7,13,19H,8H2,1-2H3,(H,17,21)(H,18,22)(H,23,24)/b9-7-. The molecule has 2 amide bonds. The summed E-state index contributed by atoms with van der Waals surface area (Å²) in [6.45, 7) is 2.00. The van der Waals surface area contributed by atoms with Gasteiger partial charge < -0.3 is 20.8 Å². The van der Waals surface area contributed by atoms with E-state index >= 15 is 0 Å². The number of carboxylic acids is 1. The van der Waals surface area contributed by atoms with Crippen LogP contribution in [0.3, 0.4) is 0 Å². The fraction of sp³-hybridized carbons (Fsp3) is 0.250. The molecule has 0 spiro atoms. The van der Waals surface area contributed by atoms with Crippen LogP contribution in [0.4, 0.5) is 5.69 Å². The molecule has 0 bridgehead atoms. The number of rotatable bonds is 7. The monoisotopic (exact) mass is 334 g/mol. The molecule has 4 N–H and O–H groups in total. The van der Waals surface area contributed by atoms with E-state index in [9.17, 15) is 19.2 Å². The minimum absolute atomic E-state index is 0.0208. The van der Waals surface area contributed by atoms with Crippen LogP contribution in [0.15, 0.2) is 35.9 Å². The second kappa shape index (κ2) is 8.59. The molecule has 0 heterocycles. The second-order valence-electron chi connectivity index (χ2n) is 5.00. The van der Waals surface area contributed by atoms with E-state index in [4.69, 9.17) is 10.2 Å². The summed E-state index contributed by atoms with van der Waals surface area (Å²) in [5, 5.41) is 22.2. The first-order valence-corrected chi connectivity index (χ1v) is 6.99. The Morgan fingerprint density at radius 2 is 1.71 bits per heavy atom. The number of carbonyl (C=O) groups excluding carboxylic acids is 3. The molecule has 1 atom stereocenters. The van der Waals surface area contributed by atoms with Crippen molar-refractivity contribution < 1.29 is 29.4 Å². The molecule has 0 aliphatic rings. The highest BCUT2D eigenvalue weighted by Gasteiger charge is 2.19. The SMILES string of the molecule is CC(=O)c1ccc(NC(=O)/C=C(/C)C(=O)NC(CO)C(=O)O)cc1. The molecule has 0 radical (unpaired) electrons. The lowest BCUT2D eigenvalue weighted by molar-refractivity contribution is -0.142. The van der Waals surface area contributed by atoms with Crippen LogP contribution >= 0.6 is 0 Å². The van der Waals surface area contributed by atoms with E-state index in [0.717, 1.165) is 6.08 Å². The van der Waals surface area contributed by atoms with E-state index in [1.807, 2.05) is 0 Å². The number of nitrogens with one attached hydrogen (secondary N) is 2. The number of benzene rings is 1. The third-order valence-corrected chi connectivity index (χ3v) is 3.05. The highest BCUT2D eigenvalue weighted by molar-refractivity contribution is 6.06. The summed E-state index contributed by atoms with van der Waals surface area (Å²) in [5.74, 6) is -2.85. The number of aliphatic carboxylic acids is 1. The van der Waals surface area contributed by atoms with E-state index in [-0.39, 0.29) is 11.4 Å². The van der Waals surface area contributed by atoms with E-state index in [1.54, 1.807) is 24.3 Å². The Balaban J connectivity index is 2.70. The van der Waals surface area contributed by atoms with Gasteiger partial charge >= 0.3 is 5.97 Å². The maximum Gasteiger partial charge on any atom is 0.328 e. The van der Waals surface area contributed by atoms with Crippen molar-refractivity contribution in [3.8, 4) is 0 Å². The zero-order chi connectivity index (χ0) is 18.3. The summed E-state index contributed by atoms with van der Waals surface area (Å²) >= 11 is 0. The number of aliphatic hydroxyl groups excluding tert-OH is 1. The van der Waals surface area contributed by atoms with Crippen LogP contribution in [-0.2, 0) is 14.4 Å². The Bertz CT molecular complexity index is 678. The van der Waals surface area contributed by atoms with Crippen LogP contribution in [0.2, 0.25) is 0 Å². The van der Waals surface area contributed by atoms with Gasteiger partial charge in [-0.2, -0.15) is 0 Å². The van der Waals surface area contributed by atoms with Crippen molar-refractivity contribution in [2.45, 2.75) is 19.9 Å². The van der Waals surface area contributed by atoms with Gasteiger partial charge in [-0.3, -0.25) is 14.4 Å².